The highest BCUT2D eigenvalue weighted by Crippen LogP contribution is 2.09. The predicted molar refractivity (Wildman–Crippen MR) is 67.7 cm³/mol. The SMILES string of the molecule is CCCC(C)N(C)C(=O)c1ccc(C(=O)O)cn1. The van der Waals surface area contributed by atoms with Gasteiger partial charge in [0.2, 0.25) is 0 Å². The van der Waals surface area contributed by atoms with Crippen molar-refractivity contribution in [2.75, 3.05) is 7.05 Å². The molecule has 0 aliphatic carbocycles. The second kappa shape index (κ2) is 6.14. The fraction of sp³-hybridized carbons (Fsp3) is 0.462. The molecule has 18 heavy (non-hydrogen) atoms. The Morgan fingerprint density at radius 2 is 2.11 bits per heavy atom. The first-order chi connectivity index (χ1) is 8.47. The molecule has 5 heteroatoms. The van der Waals surface area contributed by atoms with E-state index in [1.54, 1.807) is 11.9 Å². The largest absolute Gasteiger partial charge is 0.478 e. The highest BCUT2D eigenvalue weighted by Gasteiger charge is 2.18. The smallest absolute Gasteiger partial charge is 0.337 e. The lowest BCUT2D eigenvalue weighted by atomic mass is 10.1. The van der Waals surface area contributed by atoms with Crippen molar-refractivity contribution < 1.29 is 14.7 Å². The van der Waals surface area contributed by atoms with Gasteiger partial charge in [0.15, 0.2) is 0 Å². The van der Waals surface area contributed by atoms with Gasteiger partial charge in [-0.25, -0.2) is 4.79 Å². The van der Waals surface area contributed by atoms with Crippen LogP contribution in [0.5, 0.6) is 0 Å². The normalized spacial score (nSPS) is 11.9. The Bertz CT molecular complexity index is 428. The number of rotatable bonds is 5. The first-order valence-electron chi connectivity index (χ1n) is 5.93. The average molecular weight is 250 g/mol. The van der Waals surface area contributed by atoms with Gasteiger partial charge in [-0.3, -0.25) is 9.78 Å². The van der Waals surface area contributed by atoms with E-state index in [1.165, 1.54) is 18.3 Å². The van der Waals surface area contributed by atoms with Gasteiger partial charge in [-0.2, -0.15) is 0 Å². The van der Waals surface area contributed by atoms with Crippen LogP contribution in [-0.4, -0.2) is 40.0 Å². The van der Waals surface area contributed by atoms with E-state index in [1.807, 2.05) is 6.92 Å². The summed E-state index contributed by atoms with van der Waals surface area (Å²) >= 11 is 0. The molecule has 0 spiro atoms. The Morgan fingerprint density at radius 3 is 2.56 bits per heavy atom. The zero-order valence-electron chi connectivity index (χ0n) is 10.9. The van der Waals surface area contributed by atoms with Crippen LogP contribution in [0, 0.1) is 0 Å². The number of carboxylic acids is 1. The fourth-order valence-electron chi connectivity index (χ4n) is 1.64. The van der Waals surface area contributed by atoms with Crippen molar-refractivity contribution in [3.05, 3.63) is 29.6 Å². The molecule has 1 aromatic heterocycles. The average Bonchev–Trinajstić information content (AvgIpc) is 2.37. The molecule has 1 unspecified atom stereocenters. The Labute approximate surface area is 106 Å². The van der Waals surface area contributed by atoms with E-state index in [0.29, 0.717) is 0 Å². The summed E-state index contributed by atoms with van der Waals surface area (Å²) in [5, 5.41) is 8.75. The van der Waals surface area contributed by atoms with Crippen LogP contribution in [0.25, 0.3) is 0 Å². The molecule has 1 N–H and O–H groups in total. The minimum atomic E-state index is -1.05. The lowest BCUT2D eigenvalue weighted by molar-refractivity contribution is 0.0690. The van der Waals surface area contributed by atoms with Crippen LogP contribution in [0.1, 0.15) is 47.5 Å². The van der Waals surface area contributed by atoms with Crippen molar-refractivity contribution in [3.63, 3.8) is 0 Å². The third kappa shape index (κ3) is 3.29. The molecule has 0 saturated carbocycles. The number of carbonyl (C=O) groups is 2. The van der Waals surface area contributed by atoms with Gasteiger partial charge < -0.3 is 10.0 Å². The minimum absolute atomic E-state index is 0.0795. The zero-order valence-corrected chi connectivity index (χ0v) is 10.9. The number of carbonyl (C=O) groups excluding carboxylic acids is 1. The van der Waals surface area contributed by atoms with Crippen molar-refractivity contribution in [2.24, 2.45) is 0 Å². The van der Waals surface area contributed by atoms with Gasteiger partial charge in [0.05, 0.1) is 5.56 Å². The van der Waals surface area contributed by atoms with E-state index < -0.39 is 5.97 Å². The molecule has 1 atom stereocenters. The number of carboxylic acid groups (broad SMARTS) is 1. The minimum Gasteiger partial charge on any atom is -0.478 e. The van der Waals surface area contributed by atoms with Crippen molar-refractivity contribution in [1.29, 1.82) is 0 Å². The maximum Gasteiger partial charge on any atom is 0.337 e. The fourth-order valence-corrected chi connectivity index (χ4v) is 1.64. The Kier molecular flexibility index (Phi) is 4.83. The van der Waals surface area contributed by atoms with E-state index in [2.05, 4.69) is 11.9 Å². The molecule has 1 amide bonds. The lowest BCUT2D eigenvalue weighted by Gasteiger charge is -2.24. The van der Waals surface area contributed by atoms with Gasteiger partial charge in [-0.1, -0.05) is 13.3 Å². The number of aromatic nitrogens is 1. The Morgan fingerprint density at radius 1 is 1.44 bits per heavy atom. The maximum absolute atomic E-state index is 12.1. The van der Waals surface area contributed by atoms with Gasteiger partial charge in [-0.15, -0.1) is 0 Å². The molecule has 0 bridgehead atoms. The van der Waals surface area contributed by atoms with E-state index in [4.69, 9.17) is 5.11 Å². The number of hydrogen-bond donors (Lipinski definition) is 1. The summed E-state index contributed by atoms with van der Waals surface area (Å²) in [6, 6.07) is 2.98. The molecular weight excluding hydrogens is 232 g/mol. The number of hydrogen-bond acceptors (Lipinski definition) is 3. The molecule has 1 rings (SSSR count). The first-order valence-corrected chi connectivity index (χ1v) is 5.93. The summed E-state index contributed by atoms with van der Waals surface area (Å²) in [6.45, 7) is 4.04. The summed E-state index contributed by atoms with van der Waals surface area (Å²) in [5.74, 6) is -1.23. The quantitative estimate of drug-likeness (QED) is 0.868. The zero-order chi connectivity index (χ0) is 13.7. The van der Waals surface area contributed by atoms with Gasteiger partial charge >= 0.3 is 5.97 Å². The number of pyridine rings is 1. The molecule has 0 saturated heterocycles. The van der Waals surface area contributed by atoms with E-state index in [9.17, 15) is 9.59 Å². The lowest BCUT2D eigenvalue weighted by Crippen LogP contribution is -2.35. The van der Waals surface area contributed by atoms with Crippen molar-refractivity contribution >= 4 is 11.9 Å². The van der Waals surface area contributed by atoms with Gasteiger partial charge in [0.1, 0.15) is 5.69 Å². The molecule has 0 radical (unpaired) electrons. The summed E-state index contributed by atoms with van der Waals surface area (Å²) in [7, 11) is 1.73. The summed E-state index contributed by atoms with van der Waals surface area (Å²) in [4.78, 5) is 28.3. The predicted octanol–water partition coefficient (Wildman–Crippen LogP) is 2.04. The van der Waals surface area contributed by atoms with E-state index >= 15 is 0 Å². The van der Waals surface area contributed by atoms with Crippen LogP contribution in [0.4, 0.5) is 0 Å². The van der Waals surface area contributed by atoms with E-state index in [-0.39, 0.29) is 23.2 Å². The molecule has 0 aromatic carbocycles. The van der Waals surface area contributed by atoms with Crippen molar-refractivity contribution in [2.45, 2.75) is 32.7 Å². The van der Waals surface area contributed by atoms with Crippen molar-refractivity contribution in [1.82, 2.24) is 9.88 Å². The van der Waals surface area contributed by atoms with Crippen LogP contribution in [0.15, 0.2) is 18.3 Å². The highest BCUT2D eigenvalue weighted by molar-refractivity contribution is 5.93. The van der Waals surface area contributed by atoms with Gasteiger partial charge in [0.25, 0.3) is 5.91 Å². The Hall–Kier alpha value is -1.91. The third-order valence-electron chi connectivity index (χ3n) is 2.92. The standard InChI is InChI=1S/C13H18N2O3/c1-4-5-9(2)15(3)12(16)11-7-6-10(8-14-11)13(17)18/h6-9H,4-5H2,1-3H3,(H,17,18). The van der Waals surface area contributed by atoms with Crippen LogP contribution in [-0.2, 0) is 0 Å². The summed E-state index contributed by atoms with van der Waals surface area (Å²) in [6.07, 6.45) is 3.13. The van der Waals surface area contributed by atoms with Gasteiger partial charge in [0, 0.05) is 19.3 Å². The molecular formula is C13H18N2O3. The number of aromatic carboxylic acids is 1. The topological polar surface area (TPSA) is 70.5 Å². The van der Waals surface area contributed by atoms with Crippen LogP contribution in [0.2, 0.25) is 0 Å². The number of nitrogens with zero attached hydrogens (tertiary/aromatic N) is 2. The number of amides is 1. The molecule has 98 valence electrons. The molecule has 0 aliphatic heterocycles. The second-order valence-corrected chi connectivity index (χ2v) is 4.29. The summed E-state index contributed by atoms with van der Waals surface area (Å²) < 4.78 is 0. The highest BCUT2D eigenvalue weighted by atomic mass is 16.4. The second-order valence-electron chi connectivity index (χ2n) is 4.29. The summed E-state index contributed by atoms with van der Waals surface area (Å²) in [5.41, 5.74) is 0.348. The molecule has 5 nitrogen and oxygen atoms in total. The van der Waals surface area contributed by atoms with Crippen LogP contribution < -0.4 is 0 Å². The van der Waals surface area contributed by atoms with E-state index in [0.717, 1.165) is 12.8 Å². The van der Waals surface area contributed by atoms with Crippen molar-refractivity contribution in [3.8, 4) is 0 Å². The molecule has 0 aliphatic rings. The molecule has 1 aromatic rings. The maximum atomic E-state index is 12.1. The Balaban J connectivity index is 2.80. The third-order valence-corrected chi connectivity index (χ3v) is 2.92. The van der Waals surface area contributed by atoms with Crippen LogP contribution >= 0.6 is 0 Å². The molecule has 0 fully saturated rings. The molecule has 1 heterocycles. The van der Waals surface area contributed by atoms with Crippen LogP contribution in [0.3, 0.4) is 0 Å². The van der Waals surface area contributed by atoms with Gasteiger partial charge in [-0.05, 0) is 25.5 Å². The monoisotopic (exact) mass is 250 g/mol. The first kappa shape index (κ1) is 14.2.